The smallest absolute Gasteiger partial charge is 0.122 e. The average Bonchev–Trinajstić information content (AvgIpc) is 3.02. The number of nitrogens with zero attached hydrogens (tertiary/aromatic N) is 3. The van der Waals surface area contributed by atoms with Crippen LogP contribution in [-0.2, 0) is 13.1 Å². The van der Waals surface area contributed by atoms with E-state index in [0.717, 1.165) is 31.9 Å². The molecule has 1 aromatic heterocycles. The van der Waals surface area contributed by atoms with Crippen LogP contribution < -0.4 is 5.32 Å². The highest BCUT2D eigenvalue weighted by Crippen LogP contribution is 2.09. The summed E-state index contributed by atoms with van der Waals surface area (Å²) in [6.07, 6.45) is 7.91. The Kier molecular flexibility index (Phi) is 5.86. The normalized spacial score (nSPS) is 18.0. The molecule has 19 heavy (non-hydrogen) atoms. The van der Waals surface area contributed by atoms with Gasteiger partial charge in [-0.1, -0.05) is 13.8 Å². The fourth-order valence-corrected chi connectivity index (χ4v) is 2.85. The van der Waals surface area contributed by atoms with E-state index in [1.54, 1.807) is 0 Å². The van der Waals surface area contributed by atoms with Gasteiger partial charge in [0.2, 0.25) is 0 Å². The van der Waals surface area contributed by atoms with Gasteiger partial charge in [0, 0.05) is 25.5 Å². The Morgan fingerprint density at radius 1 is 1.37 bits per heavy atom. The largest absolute Gasteiger partial charge is 0.334 e. The Balaban J connectivity index is 1.66. The number of likely N-dealkylation sites (tertiary alicyclic amines) is 1. The molecule has 1 saturated heterocycles. The van der Waals surface area contributed by atoms with Crippen LogP contribution in [0.5, 0.6) is 0 Å². The fraction of sp³-hybridized carbons (Fsp3) is 0.800. The van der Waals surface area contributed by atoms with Crippen molar-refractivity contribution < 1.29 is 0 Å². The van der Waals surface area contributed by atoms with Gasteiger partial charge in [-0.2, -0.15) is 0 Å². The van der Waals surface area contributed by atoms with Gasteiger partial charge < -0.3 is 14.8 Å². The second kappa shape index (κ2) is 7.65. The lowest BCUT2D eigenvalue weighted by molar-refractivity contribution is 0.282. The molecule has 1 fully saturated rings. The molecular formula is C15H28N4. The van der Waals surface area contributed by atoms with Crippen LogP contribution in [0.15, 0.2) is 12.4 Å². The molecule has 1 aliphatic rings. The molecule has 2 heterocycles. The highest BCUT2D eigenvalue weighted by molar-refractivity contribution is 4.91. The number of aryl methyl sites for hydroxylation is 1. The summed E-state index contributed by atoms with van der Waals surface area (Å²) in [7, 11) is 0. The van der Waals surface area contributed by atoms with E-state index in [-0.39, 0.29) is 0 Å². The van der Waals surface area contributed by atoms with E-state index in [1.165, 1.54) is 32.5 Å². The minimum Gasteiger partial charge on any atom is -0.334 e. The third kappa shape index (κ3) is 4.62. The Morgan fingerprint density at radius 2 is 2.16 bits per heavy atom. The summed E-state index contributed by atoms with van der Waals surface area (Å²) in [6, 6.07) is 0. The molecule has 108 valence electrons. The maximum absolute atomic E-state index is 4.42. The Labute approximate surface area is 117 Å². The SMILES string of the molecule is CCCn1ccnc1CNCC(C)CN1CCCC1. The molecule has 4 nitrogen and oxygen atoms in total. The van der Waals surface area contributed by atoms with Crippen LogP contribution in [0, 0.1) is 5.92 Å². The number of hydrogen-bond donors (Lipinski definition) is 1. The number of hydrogen-bond acceptors (Lipinski definition) is 3. The summed E-state index contributed by atoms with van der Waals surface area (Å²) >= 11 is 0. The summed E-state index contributed by atoms with van der Waals surface area (Å²) in [6.45, 7) is 11.4. The fourth-order valence-electron chi connectivity index (χ4n) is 2.85. The molecule has 4 heteroatoms. The van der Waals surface area contributed by atoms with Crippen LogP contribution in [-0.4, -0.2) is 40.6 Å². The summed E-state index contributed by atoms with van der Waals surface area (Å²) in [4.78, 5) is 7.01. The van der Waals surface area contributed by atoms with E-state index < -0.39 is 0 Å². The van der Waals surface area contributed by atoms with Gasteiger partial charge in [-0.3, -0.25) is 0 Å². The van der Waals surface area contributed by atoms with Gasteiger partial charge in [0.15, 0.2) is 0 Å². The van der Waals surface area contributed by atoms with Crippen LogP contribution >= 0.6 is 0 Å². The van der Waals surface area contributed by atoms with E-state index in [2.05, 4.69) is 39.8 Å². The predicted molar refractivity (Wildman–Crippen MR) is 79.1 cm³/mol. The number of imidazole rings is 1. The van der Waals surface area contributed by atoms with Crippen LogP contribution in [0.3, 0.4) is 0 Å². The minimum absolute atomic E-state index is 0.715. The van der Waals surface area contributed by atoms with E-state index >= 15 is 0 Å². The molecule has 1 atom stereocenters. The quantitative estimate of drug-likeness (QED) is 0.781. The Hall–Kier alpha value is -0.870. The molecule has 0 aromatic carbocycles. The Morgan fingerprint density at radius 3 is 2.89 bits per heavy atom. The minimum atomic E-state index is 0.715. The van der Waals surface area contributed by atoms with Gasteiger partial charge in [0.25, 0.3) is 0 Å². The topological polar surface area (TPSA) is 33.1 Å². The number of nitrogens with one attached hydrogen (secondary N) is 1. The van der Waals surface area contributed by atoms with Crippen molar-refractivity contribution in [1.29, 1.82) is 0 Å². The predicted octanol–water partition coefficient (Wildman–Crippen LogP) is 2.11. The zero-order valence-electron chi connectivity index (χ0n) is 12.4. The lowest BCUT2D eigenvalue weighted by atomic mass is 10.1. The third-order valence-electron chi connectivity index (χ3n) is 3.81. The second-order valence-electron chi connectivity index (χ2n) is 5.78. The van der Waals surface area contributed by atoms with E-state index in [4.69, 9.17) is 0 Å². The Bertz CT molecular complexity index is 355. The van der Waals surface area contributed by atoms with Crippen LogP contribution in [0.25, 0.3) is 0 Å². The molecule has 1 aliphatic heterocycles. The van der Waals surface area contributed by atoms with Crippen molar-refractivity contribution in [3.8, 4) is 0 Å². The standard InChI is InChI=1S/C15H28N4/c1-3-7-19-10-6-17-15(19)12-16-11-14(2)13-18-8-4-5-9-18/h6,10,14,16H,3-5,7-9,11-13H2,1-2H3. The van der Waals surface area contributed by atoms with Crippen LogP contribution in [0.4, 0.5) is 0 Å². The lowest BCUT2D eigenvalue weighted by Gasteiger charge is -2.20. The molecule has 0 radical (unpaired) electrons. The lowest BCUT2D eigenvalue weighted by Crippen LogP contribution is -2.31. The van der Waals surface area contributed by atoms with Crippen molar-refractivity contribution in [2.75, 3.05) is 26.2 Å². The first kappa shape index (κ1) is 14.5. The molecule has 1 unspecified atom stereocenters. The van der Waals surface area contributed by atoms with Crippen molar-refractivity contribution >= 4 is 0 Å². The van der Waals surface area contributed by atoms with Crippen molar-refractivity contribution in [3.63, 3.8) is 0 Å². The highest BCUT2D eigenvalue weighted by Gasteiger charge is 2.14. The van der Waals surface area contributed by atoms with Gasteiger partial charge in [0.1, 0.15) is 5.82 Å². The average molecular weight is 264 g/mol. The molecule has 2 rings (SSSR count). The summed E-state index contributed by atoms with van der Waals surface area (Å²) < 4.78 is 2.25. The third-order valence-corrected chi connectivity index (χ3v) is 3.81. The molecule has 0 bridgehead atoms. The van der Waals surface area contributed by atoms with Gasteiger partial charge in [-0.25, -0.2) is 4.98 Å². The van der Waals surface area contributed by atoms with Crippen LogP contribution in [0.1, 0.15) is 38.9 Å². The van der Waals surface area contributed by atoms with Crippen LogP contribution in [0.2, 0.25) is 0 Å². The zero-order chi connectivity index (χ0) is 13.5. The number of rotatable bonds is 8. The monoisotopic (exact) mass is 264 g/mol. The zero-order valence-corrected chi connectivity index (χ0v) is 12.4. The highest BCUT2D eigenvalue weighted by atomic mass is 15.1. The molecule has 0 amide bonds. The summed E-state index contributed by atoms with van der Waals surface area (Å²) in [5.74, 6) is 1.88. The molecular weight excluding hydrogens is 236 g/mol. The summed E-state index contributed by atoms with van der Waals surface area (Å²) in [5.41, 5.74) is 0. The molecule has 0 saturated carbocycles. The van der Waals surface area contributed by atoms with E-state index in [1.807, 2.05) is 6.20 Å². The van der Waals surface area contributed by atoms with E-state index in [9.17, 15) is 0 Å². The van der Waals surface area contributed by atoms with Gasteiger partial charge >= 0.3 is 0 Å². The maximum atomic E-state index is 4.42. The second-order valence-corrected chi connectivity index (χ2v) is 5.78. The van der Waals surface area contributed by atoms with Gasteiger partial charge in [0.05, 0.1) is 6.54 Å². The molecule has 0 spiro atoms. The van der Waals surface area contributed by atoms with Crippen molar-refractivity contribution in [3.05, 3.63) is 18.2 Å². The van der Waals surface area contributed by atoms with E-state index in [0.29, 0.717) is 5.92 Å². The molecule has 0 aliphatic carbocycles. The van der Waals surface area contributed by atoms with Crippen molar-refractivity contribution in [2.45, 2.75) is 46.2 Å². The first-order chi connectivity index (χ1) is 9.29. The van der Waals surface area contributed by atoms with Crippen molar-refractivity contribution in [1.82, 2.24) is 19.8 Å². The van der Waals surface area contributed by atoms with Gasteiger partial charge in [-0.15, -0.1) is 0 Å². The van der Waals surface area contributed by atoms with Gasteiger partial charge in [-0.05, 0) is 44.8 Å². The molecule has 1 N–H and O–H groups in total. The first-order valence-electron chi connectivity index (χ1n) is 7.72. The first-order valence-corrected chi connectivity index (χ1v) is 7.72. The number of aromatic nitrogens is 2. The maximum Gasteiger partial charge on any atom is 0.122 e. The molecule has 1 aromatic rings. The van der Waals surface area contributed by atoms with Crippen molar-refractivity contribution in [2.24, 2.45) is 5.92 Å². The summed E-state index contributed by atoms with van der Waals surface area (Å²) in [5, 5.41) is 3.55.